The number of amides is 1. The van der Waals surface area contributed by atoms with Crippen LogP contribution in [0.25, 0.3) is 0 Å². The molecule has 1 saturated carbocycles. The highest BCUT2D eigenvalue weighted by molar-refractivity contribution is 6.17. The molecule has 0 aliphatic heterocycles. The summed E-state index contributed by atoms with van der Waals surface area (Å²) in [6, 6.07) is 0. The van der Waals surface area contributed by atoms with Gasteiger partial charge in [0, 0.05) is 18.3 Å². The van der Waals surface area contributed by atoms with Gasteiger partial charge in [-0.05, 0) is 12.8 Å². The van der Waals surface area contributed by atoms with E-state index in [1.807, 2.05) is 0 Å². The van der Waals surface area contributed by atoms with Crippen LogP contribution in [-0.4, -0.2) is 31.5 Å². The number of carbonyl (C=O) groups excluding carboxylic acids is 1. The molecule has 94 valence electrons. The Balaban J connectivity index is 2.08. The number of carbonyl (C=O) groups is 1. The van der Waals surface area contributed by atoms with Crippen LogP contribution in [0.4, 0.5) is 0 Å². The van der Waals surface area contributed by atoms with Gasteiger partial charge in [0.05, 0.1) is 13.2 Å². The van der Waals surface area contributed by atoms with Crippen molar-refractivity contribution in [2.75, 3.05) is 25.6 Å². The maximum Gasteiger partial charge on any atom is 0.223 e. The first kappa shape index (κ1) is 13.8. The predicted molar refractivity (Wildman–Crippen MR) is 65.7 cm³/mol. The van der Waals surface area contributed by atoms with Crippen molar-refractivity contribution in [3.05, 3.63) is 0 Å². The minimum Gasteiger partial charge on any atom is -0.378 e. The molecule has 0 radical (unpaired) electrons. The molecule has 16 heavy (non-hydrogen) atoms. The predicted octanol–water partition coefficient (Wildman–Crippen LogP) is 2.33. The van der Waals surface area contributed by atoms with Gasteiger partial charge < -0.3 is 10.1 Å². The van der Waals surface area contributed by atoms with E-state index in [0.717, 1.165) is 12.8 Å². The third kappa shape index (κ3) is 5.71. The van der Waals surface area contributed by atoms with E-state index < -0.39 is 0 Å². The van der Waals surface area contributed by atoms with Crippen LogP contribution in [0.5, 0.6) is 0 Å². The average Bonchev–Trinajstić information content (AvgIpc) is 2.57. The zero-order valence-electron chi connectivity index (χ0n) is 9.84. The molecule has 1 fully saturated rings. The summed E-state index contributed by atoms with van der Waals surface area (Å²) in [6.07, 6.45) is 7.05. The molecule has 4 heteroatoms. The van der Waals surface area contributed by atoms with E-state index in [-0.39, 0.29) is 11.8 Å². The zero-order chi connectivity index (χ0) is 11.6. The fourth-order valence-corrected chi connectivity index (χ4v) is 2.20. The minimum absolute atomic E-state index is 0.205. The quantitative estimate of drug-likeness (QED) is 0.445. The molecular formula is C12H22ClNO2. The van der Waals surface area contributed by atoms with Crippen molar-refractivity contribution in [1.29, 1.82) is 0 Å². The molecule has 0 aromatic heterocycles. The molecular weight excluding hydrogens is 226 g/mol. The molecule has 0 aromatic rings. The van der Waals surface area contributed by atoms with E-state index in [0.29, 0.717) is 25.6 Å². The van der Waals surface area contributed by atoms with Gasteiger partial charge in [0.1, 0.15) is 0 Å². The lowest BCUT2D eigenvalue weighted by molar-refractivity contribution is -0.125. The van der Waals surface area contributed by atoms with Gasteiger partial charge >= 0.3 is 0 Å². The second-order valence-corrected chi connectivity index (χ2v) is 4.66. The van der Waals surface area contributed by atoms with Crippen LogP contribution < -0.4 is 5.32 Å². The van der Waals surface area contributed by atoms with Gasteiger partial charge in [-0.1, -0.05) is 25.7 Å². The number of ether oxygens (including phenoxy) is 1. The number of halogens is 1. The highest BCUT2D eigenvalue weighted by Crippen LogP contribution is 2.22. The van der Waals surface area contributed by atoms with Gasteiger partial charge in [-0.15, -0.1) is 11.6 Å². The zero-order valence-corrected chi connectivity index (χ0v) is 10.6. The molecule has 0 aromatic carbocycles. The first-order valence-electron chi connectivity index (χ1n) is 6.26. The number of rotatable bonds is 6. The normalized spacial score (nSPS) is 18.1. The van der Waals surface area contributed by atoms with Gasteiger partial charge in [0.15, 0.2) is 0 Å². The largest absolute Gasteiger partial charge is 0.378 e. The summed E-state index contributed by atoms with van der Waals surface area (Å²) in [4.78, 5) is 11.8. The van der Waals surface area contributed by atoms with Gasteiger partial charge in [0.25, 0.3) is 0 Å². The molecule has 1 amide bonds. The monoisotopic (exact) mass is 247 g/mol. The molecule has 0 atom stereocenters. The fraction of sp³-hybridized carbons (Fsp3) is 0.917. The molecule has 0 spiro atoms. The first-order valence-corrected chi connectivity index (χ1v) is 6.79. The number of hydrogen-bond acceptors (Lipinski definition) is 2. The highest BCUT2D eigenvalue weighted by atomic mass is 35.5. The summed E-state index contributed by atoms with van der Waals surface area (Å²) in [5, 5.41) is 2.93. The van der Waals surface area contributed by atoms with Crippen LogP contribution in [0, 0.1) is 5.92 Å². The molecule has 0 unspecified atom stereocenters. The lowest BCUT2D eigenvalue weighted by Gasteiger charge is -2.13. The van der Waals surface area contributed by atoms with Crippen LogP contribution in [0.2, 0.25) is 0 Å². The standard InChI is InChI=1S/C12H22ClNO2/c13-7-9-16-10-8-14-12(15)11-5-3-1-2-4-6-11/h11H,1-10H2,(H,14,15). The maximum atomic E-state index is 11.8. The third-order valence-corrected chi connectivity index (χ3v) is 3.15. The average molecular weight is 248 g/mol. The minimum atomic E-state index is 0.205. The van der Waals surface area contributed by atoms with Gasteiger partial charge in [-0.3, -0.25) is 4.79 Å². The first-order chi connectivity index (χ1) is 7.84. The Kier molecular flexibility index (Phi) is 7.60. The summed E-state index contributed by atoms with van der Waals surface area (Å²) in [5.41, 5.74) is 0. The molecule has 3 nitrogen and oxygen atoms in total. The van der Waals surface area contributed by atoms with Crippen molar-refractivity contribution in [1.82, 2.24) is 5.32 Å². The van der Waals surface area contributed by atoms with Crippen molar-refractivity contribution in [3.8, 4) is 0 Å². The summed E-state index contributed by atoms with van der Waals surface area (Å²) < 4.78 is 5.20. The van der Waals surface area contributed by atoms with Gasteiger partial charge in [-0.25, -0.2) is 0 Å². The molecule has 0 bridgehead atoms. The summed E-state index contributed by atoms with van der Waals surface area (Å²) in [7, 11) is 0. The van der Waals surface area contributed by atoms with E-state index in [4.69, 9.17) is 16.3 Å². The van der Waals surface area contributed by atoms with Crippen molar-refractivity contribution in [3.63, 3.8) is 0 Å². The molecule has 1 aliphatic rings. The molecule has 1 N–H and O–H groups in total. The Morgan fingerprint density at radius 2 is 1.88 bits per heavy atom. The smallest absolute Gasteiger partial charge is 0.223 e. The highest BCUT2D eigenvalue weighted by Gasteiger charge is 2.19. The van der Waals surface area contributed by atoms with E-state index in [1.165, 1.54) is 25.7 Å². The molecule has 1 rings (SSSR count). The fourth-order valence-electron chi connectivity index (χ4n) is 2.09. The van der Waals surface area contributed by atoms with Crippen molar-refractivity contribution < 1.29 is 9.53 Å². The van der Waals surface area contributed by atoms with Crippen LogP contribution >= 0.6 is 11.6 Å². The Hall–Kier alpha value is -0.280. The Bertz CT molecular complexity index is 191. The summed E-state index contributed by atoms with van der Waals surface area (Å²) in [5.74, 6) is 0.947. The third-order valence-electron chi connectivity index (χ3n) is 2.99. The lowest BCUT2D eigenvalue weighted by atomic mass is 10.00. The number of hydrogen-bond donors (Lipinski definition) is 1. The Morgan fingerprint density at radius 3 is 2.50 bits per heavy atom. The molecule has 1 aliphatic carbocycles. The van der Waals surface area contributed by atoms with Gasteiger partial charge in [0.2, 0.25) is 5.91 Å². The Labute approximate surface area is 103 Å². The van der Waals surface area contributed by atoms with Crippen LogP contribution in [0.15, 0.2) is 0 Å². The van der Waals surface area contributed by atoms with E-state index in [2.05, 4.69) is 5.32 Å². The summed E-state index contributed by atoms with van der Waals surface area (Å²) in [6.45, 7) is 1.72. The van der Waals surface area contributed by atoms with Crippen molar-refractivity contribution in [2.24, 2.45) is 5.92 Å². The molecule has 0 saturated heterocycles. The van der Waals surface area contributed by atoms with Crippen LogP contribution in [0.3, 0.4) is 0 Å². The van der Waals surface area contributed by atoms with Crippen molar-refractivity contribution >= 4 is 17.5 Å². The van der Waals surface area contributed by atoms with E-state index in [1.54, 1.807) is 0 Å². The maximum absolute atomic E-state index is 11.8. The van der Waals surface area contributed by atoms with Crippen LogP contribution in [-0.2, 0) is 9.53 Å². The van der Waals surface area contributed by atoms with Gasteiger partial charge in [-0.2, -0.15) is 0 Å². The topological polar surface area (TPSA) is 38.3 Å². The molecule has 0 heterocycles. The SMILES string of the molecule is O=C(NCCOCCCl)C1CCCCCC1. The number of nitrogens with one attached hydrogen (secondary N) is 1. The Morgan fingerprint density at radius 1 is 1.19 bits per heavy atom. The van der Waals surface area contributed by atoms with Crippen LogP contribution in [0.1, 0.15) is 38.5 Å². The van der Waals surface area contributed by atoms with Crippen molar-refractivity contribution in [2.45, 2.75) is 38.5 Å². The lowest BCUT2D eigenvalue weighted by Crippen LogP contribution is -2.33. The van der Waals surface area contributed by atoms with E-state index >= 15 is 0 Å². The number of alkyl halides is 1. The second kappa shape index (κ2) is 8.82. The van der Waals surface area contributed by atoms with E-state index in [9.17, 15) is 4.79 Å². The second-order valence-electron chi connectivity index (χ2n) is 4.28. The summed E-state index contributed by atoms with van der Waals surface area (Å²) >= 11 is 5.47.